The van der Waals surface area contributed by atoms with Crippen LogP contribution >= 0.6 is 11.8 Å². The molecule has 0 bridgehead atoms. The standard InChI is InChI=1S/C16H27N3S/c1-17-16(19-13-14-20-2)18-12-8-4-7-11-15-9-5-3-6-10-15/h3,5-6,9-10H,4,7-8,11-14H2,1-2H3,(H2,17,18,19). The van der Waals surface area contributed by atoms with Crippen LogP contribution in [-0.2, 0) is 6.42 Å². The van der Waals surface area contributed by atoms with Gasteiger partial charge >= 0.3 is 0 Å². The van der Waals surface area contributed by atoms with Crippen LogP contribution in [0.1, 0.15) is 24.8 Å². The van der Waals surface area contributed by atoms with Crippen molar-refractivity contribution in [1.29, 1.82) is 0 Å². The third-order valence-electron chi connectivity index (χ3n) is 3.10. The molecule has 3 nitrogen and oxygen atoms in total. The van der Waals surface area contributed by atoms with Gasteiger partial charge in [0.2, 0.25) is 0 Å². The van der Waals surface area contributed by atoms with Crippen LogP contribution in [0, 0.1) is 0 Å². The van der Waals surface area contributed by atoms with Crippen molar-refractivity contribution in [2.75, 3.05) is 32.1 Å². The Morgan fingerprint density at radius 1 is 1.05 bits per heavy atom. The topological polar surface area (TPSA) is 36.4 Å². The number of rotatable bonds is 9. The minimum atomic E-state index is 0.919. The number of aryl methyl sites for hydroxylation is 1. The summed E-state index contributed by atoms with van der Waals surface area (Å²) in [6.45, 7) is 1.96. The third-order valence-corrected chi connectivity index (χ3v) is 3.71. The molecule has 0 aromatic heterocycles. The van der Waals surface area contributed by atoms with Crippen LogP contribution in [0.2, 0.25) is 0 Å². The fourth-order valence-electron chi connectivity index (χ4n) is 1.97. The van der Waals surface area contributed by atoms with E-state index in [2.05, 4.69) is 52.2 Å². The van der Waals surface area contributed by atoms with E-state index in [0.29, 0.717) is 0 Å². The maximum Gasteiger partial charge on any atom is 0.191 e. The van der Waals surface area contributed by atoms with Gasteiger partial charge in [0, 0.05) is 25.9 Å². The molecule has 20 heavy (non-hydrogen) atoms. The predicted molar refractivity (Wildman–Crippen MR) is 91.7 cm³/mol. The molecule has 0 aliphatic rings. The maximum atomic E-state index is 4.21. The van der Waals surface area contributed by atoms with Gasteiger partial charge in [-0.15, -0.1) is 0 Å². The van der Waals surface area contributed by atoms with Crippen LogP contribution < -0.4 is 10.6 Å². The van der Waals surface area contributed by atoms with Crippen molar-refractivity contribution in [1.82, 2.24) is 10.6 Å². The fourth-order valence-corrected chi connectivity index (χ4v) is 2.28. The molecule has 0 aliphatic carbocycles. The number of hydrogen-bond donors (Lipinski definition) is 2. The summed E-state index contributed by atoms with van der Waals surface area (Å²) in [6.07, 6.45) is 7.00. The van der Waals surface area contributed by atoms with Crippen molar-refractivity contribution in [2.24, 2.45) is 4.99 Å². The number of nitrogens with zero attached hydrogens (tertiary/aromatic N) is 1. The van der Waals surface area contributed by atoms with E-state index < -0.39 is 0 Å². The SMILES string of the molecule is CN=C(NCCCCCc1ccccc1)NCCSC. The van der Waals surface area contributed by atoms with Gasteiger partial charge in [-0.3, -0.25) is 4.99 Å². The van der Waals surface area contributed by atoms with Crippen molar-refractivity contribution in [3.8, 4) is 0 Å². The van der Waals surface area contributed by atoms with Crippen LogP contribution in [-0.4, -0.2) is 38.1 Å². The van der Waals surface area contributed by atoms with Gasteiger partial charge in [0.05, 0.1) is 0 Å². The Labute approximate surface area is 127 Å². The fraction of sp³-hybridized carbons (Fsp3) is 0.562. The second kappa shape index (κ2) is 11.6. The lowest BCUT2D eigenvalue weighted by Crippen LogP contribution is -2.38. The molecule has 0 radical (unpaired) electrons. The van der Waals surface area contributed by atoms with Crippen LogP contribution in [0.5, 0.6) is 0 Å². The zero-order valence-electron chi connectivity index (χ0n) is 12.7. The van der Waals surface area contributed by atoms with Gasteiger partial charge in [-0.2, -0.15) is 11.8 Å². The average molecular weight is 293 g/mol. The van der Waals surface area contributed by atoms with Crippen molar-refractivity contribution < 1.29 is 0 Å². The van der Waals surface area contributed by atoms with E-state index >= 15 is 0 Å². The molecule has 1 aromatic rings. The van der Waals surface area contributed by atoms with Gasteiger partial charge < -0.3 is 10.6 Å². The molecule has 0 fully saturated rings. The largest absolute Gasteiger partial charge is 0.356 e. The van der Waals surface area contributed by atoms with Crippen molar-refractivity contribution in [3.63, 3.8) is 0 Å². The number of unbranched alkanes of at least 4 members (excludes halogenated alkanes) is 2. The van der Waals surface area contributed by atoms with Gasteiger partial charge in [0.1, 0.15) is 0 Å². The lowest BCUT2D eigenvalue weighted by molar-refractivity contribution is 0.657. The molecular formula is C16H27N3S. The summed E-state index contributed by atoms with van der Waals surface area (Å²) >= 11 is 1.84. The highest BCUT2D eigenvalue weighted by molar-refractivity contribution is 7.98. The number of thioether (sulfide) groups is 1. The Balaban J connectivity index is 2.01. The van der Waals surface area contributed by atoms with Crippen molar-refractivity contribution >= 4 is 17.7 Å². The van der Waals surface area contributed by atoms with Gasteiger partial charge in [-0.05, 0) is 31.1 Å². The van der Waals surface area contributed by atoms with E-state index in [1.165, 1.54) is 31.2 Å². The Bertz CT molecular complexity index is 365. The molecule has 0 heterocycles. The summed E-state index contributed by atoms with van der Waals surface area (Å²) in [5.41, 5.74) is 1.44. The predicted octanol–water partition coefficient (Wildman–Crippen LogP) is 2.93. The zero-order valence-corrected chi connectivity index (χ0v) is 13.5. The number of hydrogen-bond acceptors (Lipinski definition) is 2. The lowest BCUT2D eigenvalue weighted by atomic mass is 10.1. The number of aliphatic imine (C=N–C) groups is 1. The summed E-state index contributed by atoms with van der Waals surface area (Å²) < 4.78 is 0. The summed E-state index contributed by atoms with van der Waals surface area (Å²) in [5.74, 6) is 2.03. The van der Waals surface area contributed by atoms with Crippen LogP contribution in [0.3, 0.4) is 0 Å². The molecule has 0 spiro atoms. The second-order valence-electron chi connectivity index (χ2n) is 4.71. The lowest BCUT2D eigenvalue weighted by Gasteiger charge is -2.11. The highest BCUT2D eigenvalue weighted by atomic mass is 32.2. The Hall–Kier alpha value is -1.16. The summed E-state index contributed by atoms with van der Waals surface area (Å²) in [6, 6.07) is 10.7. The number of benzene rings is 1. The molecule has 0 atom stereocenters. The van der Waals surface area contributed by atoms with Gasteiger partial charge in [-0.25, -0.2) is 0 Å². The molecule has 0 aliphatic heterocycles. The Morgan fingerprint density at radius 3 is 2.50 bits per heavy atom. The van der Waals surface area contributed by atoms with Crippen LogP contribution in [0.25, 0.3) is 0 Å². The van der Waals surface area contributed by atoms with E-state index in [-0.39, 0.29) is 0 Å². The van der Waals surface area contributed by atoms with E-state index in [0.717, 1.165) is 24.8 Å². The number of nitrogens with one attached hydrogen (secondary N) is 2. The van der Waals surface area contributed by atoms with Gasteiger partial charge in [0.25, 0.3) is 0 Å². The first-order valence-electron chi connectivity index (χ1n) is 7.34. The molecule has 112 valence electrons. The maximum absolute atomic E-state index is 4.21. The summed E-state index contributed by atoms with van der Waals surface area (Å²) in [5, 5.41) is 6.66. The van der Waals surface area contributed by atoms with Crippen LogP contribution in [0.4, 0.5) is 0 Å². The number of guanidine groups is 1. The normalized spacial score (nSPS) is 11.4. The van der Waals surface area contributed by atoms with E-state index in [4.69, 9.17) is 0 Å². The first-order chi connectivity index (χ1) is 9.86. The molecule has 1 rings (SSSR count). The zero-order chi connectivity index (χ0) is 14.5. The van der Waals surface area contributed by atoms with Crippen molar-refractivity contribution in [2.45, 2.75) is 25.7 Å². The summed E-state index contributed by atoms with van der Waals surface area (Å²) in [4.78, 5) is 4.21. The first-order valence-corrected chi connectivity index (χ1v) is 8.73. The van der Waals surface area contributed by atoms with E-state index in [1.807, 2.05) is 18.8 Å². The molecule has 0 amide bonds. The molecule has 4 heteroatoms. The minimum absolute atomic E-state index is 0.919. The molecule has 0 unspecified atom stereocenters. The van der Waals surface area contributed by atoms with Crippen LogP contribution in [0.15, 0.2) is 35.3 Å². The minimum Gasteiger partial charge on any atom is -0.356 e. The smallest absolute Gasteiger partial charge is 0.191 e. The highest BCUT2D eigenvalue weighted by Gasteiger charge is 1.96. The molecular weight excluding hydrogens is 266 g/mol. The molecule has 0 saturated carbocycles. The van der Waals surface area contributed by atoms with E-state index in [9.17, 15) is 0 Å². The van der Waals surface area contributed by atoms with Crippen molar-refractivity contribution in [3.05, 3.63) is 35.9 Å². The molecule has 1 aromatic carbocycles. The van der Waals surface area contributed by atoms with Gasteiger partial charge in [0.15, 0.2) is 5.96 Å². The third kappa shape index (κ3) is 8.10. The second-order valence-corrected chi connectivity index (χ2v) is 5.70. The highest BCUT2D eigenvalue weighted by Crippen LogP contribution is 2.05. The monoisotopic (exact) mass is 293 g/mol. The molecule has 2 N–H and O–H groups in total. The van der Waals surface area contributed by atoms with E-state index in [1.54, 1.807) is 0 Å². The quantitative estimate of drug-likeness (QED) is 0.417. The first kappa shape index (κ1) is 16.9. The van der Waals surface area contributed by atoms with Gasteiger partial charge in [-0.1, -0.05) is 36.8 Å². The Morgan fingerprint density at radius 2 is 1.80 bits per heavy atom. The Kier molecular flexibility index (Phi) is 9.84. The summed E-state index contributed by atoms with van der Waals surface area (Å²) in [7, 11) is 1.82. The average Bonchev–Trinajstić information content (AvgIpc) is 2.50. The molecule has 0 saturated heterocycles.